The predicted octanol–water partition coefficient (Wildman–Crippen LogP) is 3.08. The summed E-state index contributed by atoms with van der Waals surface area (Å²) in [6, 6.07) is 20.6. The summed E-state index contributed by atoms with van der Waals surface area (Å²) in [6.07, 6.45) is 0. The molecule has 3 aromatic carbocycles. The maximum Gasteiger partial charge on any atom is 0.244 e. The zero-order chi connectivity index (χ0) is 29.0. The third kappa shape index (κ3) is 6.47. The van der Waals surface area contributed by atoms with E-state index in [-0.39, 0.29) is 66.8 Å². The van der Waals surface area contributed by atoms with Crippen molar-refractivity contribution in [2.24, 2.45) is 0 Å². The first-order valence-corrected chi connectivity index (χ1v) is 14.9. The fraction of sp³-hybridized carbons (Fsp3) is 0.333. The SMILES string of the molecule is N#Cc1ccccc1S(=O)(=O)N1CCN(C(=O)CN2CCN(C(c3ccc(F)cc3)c3ccc(F)cc3)CC2)CC1. The first kappa shape index (κ1) is 28.8. The first-order chi connectivity index (χ1) is 19.8. The van der Waals surface area contributed by atoms with Crippen molar-refractivity contribution in [1.29, 1.82) is 5.26 Å². The fourth-order valence-electron chi connectivity index (χ4n) is 5.48. The largest absolute Gasteiger partial charge is 0.339 e. The van der Waals surface area contributed by atoms with Gasteiger partial charge in [-0.05, 0) is 47.5 Å². The second-order valence-electron chi connectivity index (χ2n) is 10.2. The summed E-state index contributed by atoms with van der Waals surface area (Å²) >= 11 is 0. The molecule has 0 N–H and O–H groups in total. The Labute approximate surface area is 239 Å². The minimum atomic E-state index is -3.83. The molecular weight excluding hydrogens is 548 g/mol. The molecule has 2 aliphatic heterocycles. The van der Waals surface area contributed by atoms with Crippen LogP contribution in [0, 0.1) is 23.0 Å². The highest BCUT2D eigenvalue weighted by atomic mass is 32.2. The second kappa shape index (κ2) is 12.4. The molecule has 41 heavy (non-hydrogen) atoms. The van der Waals surface area contributed by atoms with E-state index in [9.17, 15) is 27.3 Å². The third-order valence-corrected chi connectivity index (χ3v) is 9.68. The van der Waals surface area contributed by atoms with Crippen LogP contribution in [0.5, 0.6) is 0 Å². The van der Waals surface area contributed by atoms with Gasteiger partial charge in [-0.1, -0.05) is 36.4 Å². The molecule has 2 heterocycles. The highest BCUT2D eigenvalue weighted by molar-refractivity contribution is 7.89. The van der Waals surface area contributed by atoms with E-state index in [2.05, 4.69) is 9.80 Å². The van der Waals surface area contributed by atoms with Crippen LogP contribution in [0.1, 0.15) is 22.7 Å². The summed E-state index contributed by atoms with van der Waals surface area (Å²) in [5.41, 5.74) is 1.92. The van der Waals surface area contributed by atoms with E-state index in [4.69, 9.17) is 0 Å². The lowest BCUT2D eigenvalue weighted by molar-refractivity contribution is -0.134. The second-order valence-corrected chi connectivity index (χ2v) is 12.1. The number of carbonyl (C=O) groups is 1. The summed E-state index contributed by atoms with van der Waals surface area (Å²) in [5, 5.41) is 9.31. The molecule has 11 heteroatoms. The van der Waals surface area contributed by atoms with Gasteiger partial charge in [0.15, 0.2) is 0 Å². The van der Waals surface area contributed by atoms with Crippen molar-refractivity contribution in [3.05, 3.63) is 101 Å². The quantitative estimate of drug-likeness (QED) is 0.428. The average Bonchev–Trinajstić information content (AvgIpc) is 3.00. The molecule has 0 aromatic heterocycles. The van der Waals surface area contributed by atoms with Crippen molar-refractivity contribution in [3.8, 4) is 6.07 Å². The van der Waals surface area contributed by atoms with Gasteiger partial charge < -0.3 is 4.90 Å². The molecule has 2 aliphatic rings. The third-order valence-electron chi connectivity index (χ3n) is 7.72. The van der Waals surface area contributed by atoms with Crippen LogP contribution in [-0.4, -0.2) is 92.2 Å². The number of benzene rings is 3. The molecule has 2 saturated heterocycles. The number of nitrogens with zero attached hydrogens (tertiary/aromatic N) is 5. The number of carbonyl (C=O) groups excluding carboxylic acids is 1. The van der Waals surface area contributed by atoms with Gasteiger partial charge in [0, 0.05) is 52.4 Å². The lowest BCUT2D eigenvalue weighted by Crippen LogP contribution is -2.54. The van der Waals surface area contributed by atoms with Crippen LogP contribution in [-0.2, 0) is 14.8 Å². The monoisotopic (exact) mass is 579 g/mol. The standard InChI is InChI=1S/C30H31F2N5O3S/c31-26-9-5-23(6-10-26)30(24-7-11-27(32)12-8-24)36-15-13-34(14-16-36)22-29(38)35-17-19-37(20-18-35)41(39,40)28-4-2-1-3-25(28)21-33/h1-12,30H,13-20,22H2. The number of sulfonamides is 1. The van der Waals surface area contributed by atoms with E-state index in [0.717, 1.165) is 11.1 Å². The molecule has 0 radical (unpaired) electrons. The molecule has 214 valence electrons. The molecule has 2 fully saturated rings. The van der Waals surface area contributed by atoms with Crippen LogP contribution in [0.4, 0.5) is 8.78 Å². The van der Waals surface area contributed by atoms with E-state index in [1.807, 2.05) is 6.07 Å². The summed E-state index contributed by atoms with van der Waals surface area (Å²) in [7, 11) is -3.83. The Morgan fingerprint density at radius 1 is 0.780 bits per heavy atom. The zero-order valence-corrected chi connectivity index (χ0v) is 23.3. The Kier molecular flexibility index (Phi) is 8.75. The Morgan fingerprint density at radius 2 is 1.32 bits per heavy atom. The molecule has 0 atom stereocenters. The number of halogens is 2. The van der Waals surface area contributed by atoms with E-state index < -0.39 is 10.0 Å². The summed E-state index contributed by atoms with van der Waals surface area (Å²) in [5.74, 6) is -0.692. The smallest absolute Gasteiger partial charge is 0.244 e. The molecule has 1 amide bonds. The minimum Gasteiger partial charge on any atom is -0.339 e. The van der Waals surface area contributed by atoms with E-state index in [1.165, 1.54) is 40.7 Å². The van der Waals surface area contributed by atoms with Gasteiger partial charge in [0.25, 0.3) is 0 Å². The molecule has 0 unspecified atom stereocenters. The summed E-state index contributed by atoms with van der Waals surface area (Å²) < 4.78 is 54.8. The van der Waals surface area contributed by atoms with Crippen molar-refractivity contribution in [1.82, 2.24) is 19.0 Å². The Bertz CT molecular complexity index is 1470. The Balaban J connectivity index is 1.17. The molecule has 0 spiro atoms. The van der Waals surface area contributed by atoms with Gasteiger partial charge in [0.1, 0.15) is 17.7 Å². The molecule has 8 nitrogen and oxygen atoms in total. The van der Waals surface area contributed by atoms with Crippen molar-refractivity contribution >= 4 is 15.9 Å². The zero-order valence-electron chi connectivity index (χ0n) is 22.5. The lowest BCUT2D eigenvalue weighted by atomic mass is 9.96. The number of hydrogen-bond acceptors (Lipinski definition) is 6. The normalized spacial score (nSPS) is 17.5. The number of piperazine rings is 2. The van der Waals surface area contributed by atoms with Gasteiger partial charge in [0.2, 0.25) is 15.9 Å². The van der Waals surface area contributed by atoms with Crippen molar-refractivity contribution in [2.45, 2.75) is 10.9 Å². The first-order valence-electron chi connectivity index (χ1n) is 13.5. The maximum absolute atomic E-state index is 13.6. The highest BCUT2D eigenvalue weighted by Crippen LogP contribution is 2.30. The van der Waals surface area contributed by atoms with Gasteiger partial charge in [-0.25, -0.2) is 17.2 Å². The summed E-state index contributed by atoms with van der Waals surface area (Å²) in [4.78, 5) is 19.1. The molecule has 3 aromatic rings. The van der Waals surface area contributed by atoms with Crippen molar-refractivity contribution in [3.63, 3.8) is 0 Å². The van der Waals surface area contributed by atoms with Crippen LogP contribution in [0.25, 0.3) is 0 Å². The van der Waals surface area contributed by atoms with Crippen LogP contribution >= 0.6 is 0 Å². The van der Waals surface area contributed by atoms with Gasteiger partial charge in [0.05, 0.1) is 23.0 Å². The van der Waals surface area contributed by atoms with Crippen molar-refractivity contribution in [2.75, 3.05) is 58.9 Å². The number of rotatable bonds is 7. The minimum absolute atomic E-state index is 0.0141. The molecular formula is C30H31F2N5O3S. The molecule has 0 saturated carbocycles. The predicted molar refractivity (Wildman–Crippen MR) is 149 cm³/mol. The maximum atomic E-state index is 13.6. The Morgan fingerprint density at radius 3 is 1.85 bits per heavy atom. The number of nitriles is 1. The van der Waals surface area contributed by atoms with Gasteiger partial charge >= 0.3 is 0 Å². The van der Waals surface area contributed by atoms with Gasteiger partial charge in [-0.15, -0.1) is 0 Å². The van der Waals surface area contributed by atoms with E-state index in [0.29, 0.717) is 26.2 Å². The van der Waals surface area contributed by atoms with E-state index >= 15 is 0 Å². The van der Waals surface area contributed by atoms with Gasteiger partial charge in [-0.2, -0.15) is 9.57 Å². The van der Waals surface area contributed by atoms with Gasteiger partial charge in [-0.3, -0.25) is 14.6 Å². The number of hydrogen-bond donors (Lipinski definition) is 0. The lowest BCUT2D eigenvalue weighted by Gasteiger charge is -2.40. The van der Waals surface area contributed by atoms with E-state index in [1.54, 1.807) is 41.3 Å². The molecule has 0 bridgehead atoms. The fourth-order valence-corrected chi connectivity index (χ4v) is 7.04. The number of amides is 1. The van der Waals surface area contributed by atoms with Crippen LogP contribution < -0.4 is 0 Å². The van der Waals surface area contributed by atoms with Crippen LogP contribution in [0.2, 0.25) is 0 Å². The molecule has 5 rings (SSSR count). The summed E-state index contributed by atoms with van der Waals surface area (Å²) in [6.45, 7) is 3.74. The average molecular weight is 580 g/mol. The van der Waals surface area contributed by atoms with Crippen LogP contribution in [0.15, 0.2) is 77.7 Å². The Hall–Kier alpha value is -3.69. The van der Waals surface area contributed by atoms with Crippen molar-refractivity contribution < 1.29 is 22.0 Å². The van der Waals surface area contributed by atoms with Crippen LogP contribution in [0.3, 0.4) is 0 Å². The highest BCUT2D eigenvalue weighted by Gasteiger charge is 2.33. The molecule has 0 aliphatic carbocycles. The topological polar surface area (TPSA) is 88.0 Å².